The molecule has 1 saturated heterocycles. The number of aryl methyl sites for hydroxylation is 1. The Morgan fingerprint density at radius 2 is 2.06 bits per heavy atom. The molecule has 1 amide bonds. The number of hydrogen-bond donors (Lipinski definition) is 1. The van der Waals surface area contributed by atoms with Crippen LogP contribution in [0.25, 0.3) is 0 Å². The molecule has 1 aliphatic heterocycles. The predicted octanol–water partition coefficient (Wildman–Crippen LogP) is 2.77. The highest BCUT2D eigenvalue weighted by Gasteiger charge is 2.21. The summed E-state index contributed by atoms with van der Waals surface area (Å²) in [5.41, 5.74) is 1.35. The van der Waals surface area contributed by atoms with Crippen LogP contribution < -0.4 is 10.1 Å². The van der Waals surface area contributed by atoms with Crippen LogP contribution in [0.2, 0.25) is 0 Å². The number of hydrogen-bond acceptors (Lipinski definition) is 7. The third kappa shape index (κ3) is 5.09. The summed E-state index contributed by atoms with van der Waals surface area (Å²) in [5.74, 6) is 1.11. The van der Waals surface area contributed by atoms with Crippen LogP contribution in [0.1, 0.15) is 28.3 Å². The van der Waals surface area contributed by atoms with E-state index in [1.165, 1.54) is 18.3 Å². The molecule has 0 radical (unpaired) electrons. The molecule has 4 rings (SSSR count). The molecular formula is C21H22N4O5S. The molecule has 31 heavy (non-hydrogen) atoms. The van der Waals surface area contributed by atoms with Gasteiger partial charge in [-0.3, -0.25) is 9.48 Å². The zero-order valence-corrected chi connectivity index (χ0v) is 17.9. The molecule has 1 aliphatic rings. The fourth-order valence-electron chi connectivity index (χ4n) is 3.30. The average Bonchev–Trinajstić information content (AvgIpc) is 3.39. The van der Waals surface area contributed by atoms with Crippen LogP contribution in [0.15, 0.2) is 53.8 Å². The quantitative estimate of drug-likeness (QED) is 0.625. The first-order chi connectivity index (χ1) is 14.8. The minimum atomic E-state index is -3.40. The second-order valence-electron chi connectivity index (χ2n) is 7.39. The van der Waals surface area contributed by atoms with Gasteiger partial charge in [0.1, 0.15) is 11.5 Å². The van der Waals surface area contributed by atoms with Gasteiger partial charge >= 0.3 is 0 Å². The first kappa shape index (κ1) is 21.0. The van der Waals surface area contributed by atoms with Crippen LogP contribution in [-0.2, 0) is 21.6 Å². The van der Waals surface area contributed by atoms with Crippen LogP contribution in [0.4, 0.5) is 5.82 Å². The Labute approximate surface area is 179 Å². The molecule has 2 aromatic heterocycles. The molecule has 1 unspecified atom stereocenters. The number of carbonyl (C=O) groups excluding carboxylic acids is 1. The normalized spacial score (nSPS) is 16.3. The minimum absolute atomic E-state index is 0.0351. The van der Waals surface area contributed by atoms with E-state index >= 15 is 0 Å². The van der Waals surface area contributed by atoms with Crippen molar-refractivity contribution in [2.75, 3.05) is 24.8 Å². The predicted molar refractivity (Wildman–Crippen MR) is 113 cm³/mol. The number of benzene rings is 1. The van der Waals surface area contributed by atoms with Crippen LogP contribution in [-0.4, -0.2) is 48.6 Å². The van der Waals surface area contributed by atoms with E-state index in [0.29, 0.717) is 36.1 Å². The maximum atomic E-state index is 12.8. The zero-order valence-electron chi connectivity index (χ0n) is 17.1. The van der Waals surface area contributed by atoms with Gasteiger partial charge in [0.05, 0.1) is 12.8 Å². The molecule has 3 aromatic rings. The largest absolute Gasteiger partial charge is 0.456 e. The highest BCUT2D eigenvalue weighted by atomic mass is 32.2. The van der Waals surface area contributed by atoms with Crippen LogP contribution >= 0.6 is 0 Å². The molecule has 0 saturated carbocycles. The third-order valence-corrected chi connectivity index (χ3v) is 5.87. The fourth-order valence-corrected chi connectivity index (χ4v) is 3.86. The SMILES string of the molecule is Cn1ccc(NC(=O)c2cc(Oc3ccc(S(C)(=O)=O)nc3)cc(C3CCOC3)c2)n1. The van der Waals surface area contributed by atoms with Gasteiger partial charge in [-0.15, -0.1) is 0 Å². The van der Waals surface area contributed by atoms with Crippen molar-refractivity contribution in [3.63, 3.8) is 0 Å². The summed E-state index contributed by atoms with van der Waals surface area (Å²) in [4.78, 5) is 16.8. The first-order valence-corrected chi connectivity index (χ1v) is 11.5. The van der Waals surface area contributed by atoms with Gasteiger partial charge < -0.3 is 14.8 Å². The van der Waals surface area contributed by atoms with E-state index < -0.39 is 9.84 Å². The van der Waals surface area contributed by atoms with Gasteiger partial charge in [-0.25, -0.2) is 13.4 Å². The zero-order chi connectivity index (χ0) is 22.0. The Bertz CT molecular complexity index is 1200. The molecule has 162 valence electrons. The Hall–Kier alpha value is -3.24. The lowest BCUT2D eigenvalue weighted by molar-refractivity contribution is 0.102. The third-order valence-electron chi connectivity index (χ3n) is 4.87. The molecule has 1 aromatic carbocycles. The maximum Gasteiger partial charge on any atom is 0.257 e. The van der Waals surface area contributed by atoms with Crippen LogP contribution in [0, 0.1) is 0 Å². The van der Waals surface area contributed by atoms with Gasteiger partial charge in [-0.05, 0) is 42.3 Å². The Kier molecular flexibility index (Phi) is 5.75. The molecule has 1 N–H and O–H groups in total. The number of carbonyl (C=O) groups is 1. The second-order valence-corrected chi connectivity index (χ2v) is 9.35. The van der Waals surface area contributed by atoms with Gasteiger partial charge in [-0.2, -0.15) is 5.10 Å². The fraction of sp³-hybridized carbons (Fsp3) is 0.286. The standard InChI is InChI=1S/C21H22N4O5S/c1-25-7-5-19(24-25)23-21(26)16-9-15(14-6-8-29-13-14)10-18(11-16)30-17-3-4-20(22-12-17)31(2,27)28/h3-5,7,9-12,14H,6,8,13H2,1-2H3,(H,23,24,26). The van der Waals surface area contributed by atoms with E-state index in [1.54, 1.807) is 30.1 Å². The van der Waals surface area contributed by atoms with E-state index in [4.69, 9.17) is 9.47 Å². The van der Waals surface area contributed by atoms with Crippen molar-refractivity contribution in [3.05, 3.63) is 59.9 Å². The molecule has 10 heteroatoms. The average molecular weight is 442 g/mol. The molecule has 9 nitrogen and oxygen atoms in total. The van der Waals surface area contributed by atoms with Crippen LogP contribution in [0.3, 0.4) is 0 Å². The second kappa shape index (κ2) is 8.48. The van der Waals surface area contributed by atoms with Crippen molar-refractivity contribution >= 4 is 21.6 Å². The van der Waals surface area contributed by atoms with Gasteiger partial charge in [0.25, 0.3) is 5.91 Å². The molecular weight excluding hydrogens is 420 g/mol. The lowest BCUT2D eigenvalue weighted by Crippen LogP contribution is -2.13. The Morgan fingerprint density at radius 3 is 2.68 bits per heavy atom. The first-order valence-electron chi connectivity index (χ1n) is 9.65. The van der Waals surface area contributed by atoms with Gasteiger partial charge in [0.2, 0.25) is 0 Å². The van der Waals surface area contributed by atoms with Crippen molar-refractivity contribution in [2.24, 2.45) is 7.05 Å². The van der Waals surface area contributed by atoms with Crippen molar-refractivity contribution in [2.45, 2.75) is 17.4 Å². The summed E-state index contributed by atoms with van der Waals surface area (Å²) in [5, 5.41) is 6.91. The minimum Gasteiger partial charge on any atom is -0.456 e. The topological polar surface area (TPSA) is 112 Å². The maximum absolute atomic E-state index is 12.8. The number of aromatic nitrogens is 3. The summed E-state index contributed by atoms with van der Waals surface area (Å²) < 4.78 is 36.2. The number of sulfone groups is 1. The summed E-state index contributed by atoms with van der Waals surface area (Å²) in [6, 6.07) is 9.94. The molecule has 0 bridgehead atoms. The summed E-state index contributed by atoms with van der Waals surface area (Å²) >= 11 is 0. The highest BCUT2D eigenvalue weighted by molar-refractivity contribution is 7.90. The number of nitrogens with one attached hydrogen (secondary N) is 1. The summed E-state index contributed by atoms with van der Waals surface area (Å²) in [6.45, 7) is 1.25. The van der Waals surface area contributed by atoms with E-state index in [0.717, 1.165) is 18.2 Å². The van der Waals surface area contributed by atoms with E-state index in [1.807, 2.05) is 12.1 Å². The molecule has 0 aliphatic carbocycles. The lowest BCUT2D eigenvalue weighted by atomic mass is 9.96. The smallest absolute Gasteiger partial charge is 0.257 e. The van der Waals surface area contributed by atoms with E-state index in [2.05, 4.69) is 15.4 Å². The highest BCUT2D eigenvalue weighted by Crippen LogP contribution is 2.31. The molecule has 3 heterocycles. The molecule has 0 spiro atoms. The number of nitrogens with zero attached hydrogens (tertiary/aromatic N) is 3. The number of amides is 1. The summed E-state index contributed by atoms with van der Waals surface area (Å²) in [7, 11) is -1.63. The van der Waals surface area contributed by atoms with Gasteiger partial charge in [0, 0.05) is 43.7 Å². The van der Waals surface area contributed by atoms with Crippen molar-refractivity contribution in [1.29, 1.82) is 0 Å². The van der Waals surface area contributed by atoms with E-state index in [9.17, 15) is 13.2 Å². The number of rotatable bonds is 6. The van der Waals surface area contributed by atoms with E-state index in [-0.39, 0.29) is 16.9 Å². The number of anilines is 1. The van der Waals surface area contributed by atoms with Gasteiger partial charge in [0.15, 0.2) is 20.7 Å². The Balaban J connectivity index is 1.62. The molecule has 1 fully saturated rings. The summed E-state index contributed by atoms with van der Waals surface area (Å²) in [6.07, 6.45) is 5.03. The van der Waals surface area contributed by atoms with Crippen molar-refractivity contribution < 1.29 is 22.7 Å². The number of pyridine rings is 1. The Morgan fingerprint density at radius 1 is 1.23 bits per heavy atom. The van der Waals surface area contributed by atoms with Gasteiger partial charge in [-0.1, -0.05) is 0 Å². The monoisotopic (exact) mass is 442 g/mol. The molecule has 1 atom stereocenters. The number of ether oxygens (including phenoxy) is 2. The van der Waals surface area contributed by atoms with Crippen LogP contribution in [0.5, 0.6) is 11.5 Å². The van der Waals surface area contributed by atoms with Crippen molar-refractivity contribution in [3.8, 4) is 11.5 Å². The van der Waals surface area contributed by atoms with Crippen molar-refractivity contribution in [1.82, 2.24) is 14.8 Å². The lowest BCUT2D eigenvalue weighted by Gasteiger charge is -2.14.